The molecule has 0 saturated carbocycles. The van der Waals surface area contributed by atoms with Crippen LogP contribution >= 0.6 is 55.1 Å². The van der Waals surface area contributed by atoms with Gasteiger partial charge in [-0.25, -0.2) is 5.43 Å². The summed E-state index contributed by atoms with van der Waals surface area (Å²) in [7, 11) is 0. The van der Waals surface area contributed by atoms with E-state index >= 15 is 0 Å². The van der Waals surface area contributed by atoms with E-state index in [1.165, 1.54) is 6.21 Å². The van der Waals surface area contributed by atoms with Crippen molar-refractivity contribution in [3.8, 4) is 5.75 Å². The molecular weight excluding hydrogens is 471 g/mol. The minimum Gasteiger partial charge on any atom is -0.483 e. The van der Waals surface area contributed by atoms with Gasteiger partial charge in [-0.05, 0) is 46.3 Å². The van der Waals surface area contributed by atoms with Crippen LogP contribution in [0.4, 0.5) is 0 Å². The van der Waals surface area contributed by atoms with Crippen LogP contribution in [0.25, 0.3) is 0 Å². The second-order valence-electron chi connectivity index (χ2n) is 4.29. The summed E-state index contributed by atoms with van der Waals surface area (Å²) in [6.07, 6.45) is 1.39. The van der Waals surface area contributed by atoms with Gasteiger partial charge in [0.05, 0.1) is 20.7 Å². The Bertz CT molecular complexity index is 734. The van der Waals surface area contributed by atoms with Gasteiger partial charge in [-0.3, -0.25) is 4.79 Å². The molecule has 0 atom stereocenters. The largest absolute Gasteiger partial charge is 0.483 e. The molecular formula is C15H10Br2Cl2N2O2. The average molecular weight is 481 g/mol. The smallest absolute Gasteiger partial charge is 0.277 e. The molecule has 4 nitrogen and oxygen atoms in total. The van der Waals surface area contributed by atoms with Crippen LogP contribution in [0.15, 0.2) is 50.4 Å². The highest BCUT2D eigenvalue weighted by molar-refractivity contribution is 9.11. The zero-order chi connectivity index (χ0) is 16.8. The van der Waals surface area contributed by atoms with Crippen molar-refractivity contribution in [3.63, 3.8) is 0 Å². The Morgan fingerprint density at radius 3 is 2.57 bits per heavy atom. The molecule has 0 aliphatic rings. The molecule has 2 rings (SSSR count). The number of nitrogens with zero attached hydrogens (tertiary/aromatic N) is 1. The fourth-order valence-electron chi connectivity index (χ4n) is 1.57. The second kappa shape index (κ2) is 8.68. The van der Waals surface area contributed by atoms with E-state index in [2.05, 4.69) is 42.4 Å². The average Bonchev–Trinajstić information content (AvgIpc) is 2.49. The van der Waals surface area contributed by atoms with Crippen LogP contribution in [-0.2, 0) is 4.79 Å². The third-order valence-corrected chi connectivity index (χ3v) is 4.41. The first kappa shape index (κ1) is 18.3. The molecule has 0 aromatic heterocycles. The molecule has 23 heavy (non-hydrogen) atoms. The van der Waals surface area contributed by atoms with Crippen molar-refractivity contribution in [1.29, 1.82) is 0 Å². The summed E-state index contributed by atoms with van der Waals surface area (Å²) < 4.78 is 7.04. The molecule has 8 heteroatoms. The summed E-state index contributed by atoms with van der Waals surface area (Å²) >= 11 is 18.7. The second-order valence-corrected chi connectivity index (χ2v) is 6.88. The Morgan fingerprint density at radius 2 is 1.91 bits per heavy atom. The third-order valence-electron chi connectivity index (χ3n) is 2.64. The number of halogens is 4. The quantitative estimate of drug-likeness (QED) is 0.481. The molecule has 1 N–H and O–H groups in total. The van der Waals surface area contributed by atoms with E-state index in [1.807, 2.05) is 12.1 Å². The Morgan fingerprint density at radius 1 is 1.22 bits per heavy atom. The Labute approximate surface area is 160 Å². The highest BCUT2D eigenvalue weighted by Crippen LogP contribution is 2.28. The highest BCUT2D eigenvalue weighted by Gasteiger charge is 2.06. The molecule has 2 aromatic carbocycles. The summed E-state index contributed by atoms with van der Waals surface area (Å²) in [6, 6.07) is 10.5. The maximum atomic E-state index is 11.7. The number of nitrogens with one attached hydrogen (secondary N) is 1. The summed E-state index contributed by atoms with van der Waals surface area (Å²) in [5.74, 6) is 0.153. The van der Waals surface area contributed by atoms with Crippen LogP contribution in [0.1, 0.15) is 5.56 Å². The number of hydrogen-bond acceptors (Lipinski definition) is 3. The lowest BCUT2D eigenvalue weighted by Gasteiger charge is -2.07. The molecule has 120 valence electrons. The fraction of sp³-hybridized carbons (Fsp3) is 0.0667. The van der Waals surface area contributed by atoms with Crippen molar-refractivity contribution in [1.82, 2.24) is 5.43 Å². The van der Waals surface area contributed by atoms with Crippen LogP contribution < -0.4 is 10.2 Å². The number of carbonyl (C=O) groups is 1. The van der Waals surface area contributed by atoms with Gasteiger partial charge in [0.1, 0.15) is 5.75 Å². The Kier molecular flexibility index (Phi) is 6.89. The number of hydrogen-bond donors (Lipinski definition) is 1. The van der Waals surface area contributed by atoms with Crippen molar-refractivity contribution in [2.75, 3.05) is 6.61 Å². The predicted molar refractivity (Wildman–Crippen MR) is 99.5 cm³/mol. The molecule has 0 bridgehead atoms. The number of rotatable bonds is 5. The highest BCUT2D eigenvalue weighted by atomic mass is 79.9. The lowest BCUT2D eigenvalue weighted by molar-refractivity contribution is -0.123. The zero-order valence-electron chi connectivity index (χ0n) is 11.5. The zero-order valence-corrected chi connectivity index (χ0v) is 16.2. The first-order valence-electron chi connectivity index (χ1n) is 6.31. The molecule has 0 saturated heterocycles. The number of ether oxygens (including phenoxy) is 1. The minimum atomic E-state index is -0.403. The minimum absolute atomic E-state index is 0.173. The molecule has 0 spiro atoms. The van der Waals surface area contributed by atoms with Gasteiger partial charge in [-0.15, -0.1) is 0 Å². The van der Waals surface area contributed by atoms with E-state index in [4.69, 9.17) is 27.9 Å². The van der Waals surface area contributed by atoms with Gasteiger partial charge in [0.2, 0.25) is 0 Å². The van der Waals surface area contributed by atoms with Gasteiger partial charge in [0, 0.05) is 10.0 Å². The van der Waals surface area contributed by atoms with E-state index < -0.39 is 5.91 Å². The summed E-state index contributed by atoms with van der Waals surface area (Å²) in [5.41, 5.74) is 2.89. The molecule has 2 aromatic rings. The van der Waals surface area contributed by atoms with Gasteiger partial charge < -0.3 is 4.74 Å². The van der Waals surface area contributed by atoms with Gasteiger partial charge >= 0.3 is 0 Å². The first-order chi connectivity index (χ1) is 11.0. The topological polar surface area (TPSA) is 50.7 Å². The van der Waals surface area contributed by atoms with Crippen molar-refractivity contribution in [2.45, 2.75) is 0 Å². The summed E-state index contributed by atoms with van der Waals surface area (Å²) in [6.45, 7) is -0.173. The molecule has 0 radical (unpaired) electrons. The van der Waals surface area contributed by atoms with Gasteiger partial charge in [0.15, 0.2) is 6.61 Å². The van der Waals surface area contributed by atoms with E-state index in [0.717, 1.165) is 8.95 Å². The number of benzene rings is 2. The van der Waals surface area contributed by atoms with E-state index in [0.29, 0.717) is 21.4 Å². The van der Waals surface area contributed by atoms with Gasteiger partial charge in [0.25, 0.3) is 5.91 Å². The third kappa shape index (κ3) is 5.49. The molecule has 0 aliphatic carbocycles. The molecule has 0 aliphatic heterocycles. The lowest BCUT2D eigenvalue weighted by atomic mass is 10.2. The van der Waals surface area contributed by atoms with Crippen LogP contribution in [0.5, 0.6) is 5.75 Å². The monoisotopic (exact) mass is 478 g/mol. The number of carbonyl (C=O) groups excluding carboxylic acids is 1. The predicted octanol–water partition coefficient (Wildman–Crippen LogP) is 5.05. The van der Waals surface area contributed by atoms with Crippen molar-refractivity contribution in [2.24, 2.45) is 5.10 Å². The SMILES string of the molecule is O=C(COc1ccc(Br)cc1Br)NN=Cc1c(Cl)cccc1Cl. The Hall–Kier alpha value is -1.08. The first-order valence-corrected chi connectivity index (χ1v) is 8.65. The standard InChI is InChI=1S/C15H10Br2Cl2N2O2/c16-9-4-5-14(11(17)6-9)23-8-15(22)21-20-7-10-12(18)2-1-3-13(10)19/h1-7H,8H2,(H,21,22). The van der Waals surface area contributed by atoms with Crippen molar-refractivity contribution >= 4 is 67.2 Å². The van der Waals surface area contributed by atoms with E-state index in [-0.39, 0.29) is 6.61 Å². The Balaban J connectivity index is 1.89. The maximum Gasteiger partial charge on any atom is 0.277 e. The normalized spacial score (nSPS) is 10.8. The van der Waals surface area contributed by atoms with E-state index in [1.54, 1.807) is 24.3 Å². The van der Waals surface area contributed by atoms with E-state index in [9.17, 15) is 4.79 Å². The summed E-state index contributed by atoms with van der Waals surface area (Å²) in [4.78, 5) is 11.7. The lowest BCUT2D eigenvalue weighted by Crippen LogP contribution is -2.24. The molecule has 0 fully saturated rings. The molecule has 0 heterocycles. The van der Waals surface area contributed by atoms with Gasteiger partial charge in [-0.2, -0.15) is 5.10 Å². The number of amides is 1. The van der Waals surface area contributed by atoms with Gasteiger partial charge in [-0.1, -0.05) is 45.2 Å². The van der Waals surface area contributed by atoms with Crippen LogP contribution in [0.2, 0.25) is 10.0 Å². The molecule has 1 amide bonds. The number of hydrazone groups is 1. The van der Waals surface area contributed by atoms with Crippen LogP contribution in [0, 0.1) is 0 Å². The van der Waals surface area contributed by atoms with Crippen LogP contribution in [0.3, 0.4) is 0 Å². The van der Waals surface area contributed by atoms with Crippen molar-refractivity contribution < 1.29 is 9.53 Å². The maximum absolute atomic E-state index is 11.7. The van der Waals surface area contributed by atoms with Crippen molar-refractivity contribution in [3.05, 3.63) is 61.0 Å². The van der Waals surface area contributed by atoms with Crippen LogP contribution in [-0.4, -0.2) is 18.7 Å². The molecule has 0 unspecified atom stereocenters. The summed E-state index contributed by atoms with van der Waals surface area (Å²) in [5, 5.41) is 4.72. The fourth-order valence-corrected chi connectivity index (χ4v) is 3.23.